The number of fused-ring (bicyclic) bond motifs is 1. The molecular formula is C24H25N3O4. The quantitative estimate of drug-likeness (QED) is 0.493. The molecule has 0 spiro atoms. The topological polar surface area (TPSA) is 90.4 Å². The van der Waals surface area contributed by atoms with Crippen LogP contribution in [0.2, 0.25) is 0 Å². The molecule has 160 valence electrons. The Hall–Kier alpha value is -3.29. The highest BCUT2D eigenvalue weighted by atomic mass is 16.5. The monoisotopic (exact) mass is 419 g/mol. The second-order valence-corrected chi connectivity index (χ2v) is 7.72. The maximum Gasteiger partial charge on any atom is 0.296 e. The Bertz CT molecular complexity index is 1230. The predicted octanol–water partition coefficient (Wildman–Crippen LogP) is 3.48. The minimum atomic E-state index is -0.924. The highest BCUT2D eigenvalue weighted by Gasteiger charge is 2.20. The highest BCUT2D eigenvalue weighted by Crippen LogP contribution is 2.26. The second-order valence-electron chi connectivity index (χ2n) is 7.72. The van der Waals surface area contributed by atoms with Crippen molar-refractivity contribution in [1.29, 1.82) is 0 Å². The standard InChI is InChI=1S/C24H25N3O4/c1-15-9-11-19(12-10-15)23(18-7-5-4-6-8-18)30-14-20(28)13-27-24(29)22-21(16(2)25-27)17(3)31-26-22/h4-12,20,23,28H,13-14H2,1-3H3/t20-,23+/m1/s1. The Morgan fingerprint density at radius 2 is 1.71 bits per heavy atom. The first-order valence-corrected chi connectivity index (χ1v) is 10.2. The summed E-state index contributed by atoms with van der Waals surface area (Å²) >= 11 is 0. The third-order valence-electron chi connectivity index (χ3n) is 5.25. The molecule has 2 heterocycles. The number of hydrogen-bond donors (Lipinski definition) is 1. The van der Waals surface area contributed by atoms with Crippen molar-refractivity contribution in [2.75, 3.05) is 6.61 Å². The van der Waals surface area contributed by atoms with Gasteiger partial charge < -0.3 is 14.4 Å². The van der Waals surface area contributed by atoms with Crippen LogP contribution in [0.25, 0.3) is 10.9 Å². The minimum Gasteiger partial charge on any atom is -0.389 e. The zero-order chi connectivity index (χ0) is 22.0. The molecule has 0 amide bonds. The van der Waals surface area contributed by atoms with Crippen LogP contribution in [0.5, 0.6) is 0 Å². The third-order valence-corrected chi connectivity index (χ3v) is 5.25. The molecule has 1 N–H and O–H groups in total. The molecule has 31 heavy (non-hydrogen) atoms. The summed E-state index contributed by atoms with van der Waals surface area (Å²) in [5.74, 6) is 0.553. The van der Waals surface area contributed by atoms with Gasteiger partial charge in [-0.25, -0.2) is 4.68 Å². The van der Waals surface area contributed by atoms with Crippen LogP contribution in [0.3, 0.4) is 0 Å². The predicted molar refractivity (Wildman–Crippen MR) is 117 cm³/mol. The molecule has 0 fully saturated rings. The van der Waals surface area contributed by atoms with E-state index in [1.165, 1.54) is 4.68 Å². The Kier molecular flexibility index (Phi) is 5.97. The van der Waals surface area contributed by atoms with Gasteiger partial charge in [-0.15, -0.1) is 0 Å². The van der Waals surface area contributed by atoms with E-state index in [1.54, 1.807) is 13.8 Å². The maximum atomic E-state index is 12.7. The fourth-order valence-electron chi connectivity index (χ4n) is 3.68. The van der Waals surface area contributed by atoms with Gasteiger partial charge in [0.2, 0.25) is 0 Å². The van der Waals surface area contributed by atoms with Gasteiger partial charge in [0.15, 0.2) is 5.52 Å². The number of nitrogens with zero attached hydrogens (tertiary/aromatic N) is 3. The van der Waals surface area contributed by atoms with Crippen molar-refractivity contribution in [2.45, 2.75) is 39.5 Å². The van der Waals surface area contributed by atoms with Gasteiger partial charge in [0.1, 0.15) is 11.9 Å². The molecule has 0 bridgehead atoms. The lowest BCUT2D eigenvalue weighted by Gasteiger charge is -2.21. The fourth-order valence-corrected chi connectivity index (χ4v) is 3.68. The summed E-state index contributed by atoms with van der Waals surface area (Å²) in [6.45, 7) is 5.60. The number of aryl methyl sites for hydroxylation is 3. The van der Waals surface area contributed by atoms with E-state index in [-0.39, 0.29) is 24.8 Å². The van der Waals surface area contributed by atoms with Crippen molar-refractivity contribution in [1.82, 2.24) is 14.9 Å². The number of rotatable bonds is 7. The van der Waals surface area contributed by atoms with Crippen LogP contribution >= 0.6 is 0 Å². The Morgan fingerprint density at radius 1 is 1.03 bits per heavy atom. The summed E-state index contributed by atoms with van der Waals surface area (Å²) in [5.41, 5.74) is 3.60. The van der Waals surface area contributed by atoms with Crippen LogP contribution in [0.1, 0.15) is 34.2 Å². The van der Waals surface area contributed by atoms with Crippen molar-refractivity contribution < 1.29 is 14.4 Å². The van der Waals surface area contributed by atoms with Crippen LogP contribution < -0.4 is 5.56 Å². The molecule has 4 rings (SSSR count). The molecule has 4 aromatic rings. The van der Waals surface area contributed by atoms with Crippen LogP contribution in [0.4, 0.5) is 0 Å². The lowest BCUT2D eigenvalue weighted by Crippen LogP contribution is -2.32. The van der Waals surface area contributed by atoms with Crippen LogP contribution in [-0.2, 0) is 11.3 Å². The van der Waals surface area contributed by atoms with E-state index in [0.29, 0.717) is 16.8 Å². The molecule has 0 saturated carbocycles. The number of aliphatic hydroxyl groups is 1. The zero-order valence-corrected chi connectivity index (χ0v) is 17.8. The Morgan fingerprint density at radius 3 is 2.42 bits per heavy atom. The van der Waals surface area contributed by atoms with E-state index in [1.807, 2.05) is 61.5 Å². The second kappa shape index (κ2) is 8.83. The van der Waals surface area contributed by atoms with E-state index < -0.39 is 11.7 Å². The van der Waals surface area contributed by atoms with Gasteiger partial charge in [0, 0.05) is 0 Å². The largest absolute Gasteiger partial charge is 0.389 e. The van der Waals surface area contributed by atoms with Gasteiger partial charge in [-0.3, -0.25) is 4.79 Å². The molecule has 2 aromatic heterocycles. The van der Waals surface area contributed by atoms with Gasteiger partial charge in [0.25, 0.3) is 5.56 Å². The first kappa shape index (κ1) is 21.0. The van der Waals surface area contributed by atoms with Crippen LogP contribution in [0.15, 0.2) is 63.9 Å². The van der Waals surface area contributed by atoms with Crippen molar-refractivity contribution in [3.05, 3.63) is 93.1 Å². The van der Waals surface area contributed by atoms with Crippen LogP contribution in [0, 0.1) is 20.8 Å². The van der Waals surface area contributed by atoms with E-state index in [2.05, 4.69) is 10.3 Å². The molecule has 0 aliphatic carbocycles. The lowest BCUT2D eigenvalue weighted by molar-refractivity contribution is -0.00243. The molecule has 0 unspecified atom stereocenters. The first-order valence-electron chi connectivity index (χ1n) is 10.2. The van der Waals surface area contributed by atoms with Crippen molar-refractivity contribution >= 4 is 10.9 Å². The van der Waals surface area contributed by atoms with Crippen molar-refractivity contribution in [2.24, 2.45) is 0 Å². The van der Waals surface area contributed by atoms with Gasteiger partial charge >= 0.3 is 0 Å². The van der Waals surface area contributed by atoms with E-state index in [9.17, 15) is 9.90 Å². The normalized spacial score (nSPS) is 13.4. The van der Waals surface area contributed by atoms with Gasteiger partial charge in [-0.05, 0) is 31.9 Å². The SMILES string of the molecule is Cc1ccc([C@@H](OC[C@H](O)Cn2nc(C)c3c(C)onc3c2=O)c2ccccc2)cc1. The Balaban J connectivity index is 1.53. The maximum absolute atomic E-state index is 12.7. The summed E-state index contributed by atoms with van der Waals surface area (Å²) in [6.07, 6.45) is -1.25. The van der Waals surface area contributed by atoms with Gasteiger partial charge in [-0.1, -0.05) is 65.3 Å². The minimum absolute atomic E-state index is 0.00305. The summed E-state index contributed by atoms with van der Waals surface area (Å²) in [7, 11) is 0. The van der Waals surface area contributed by atoms with E-state index in [4.69, 9.17) is 9.26 Å². The average molecular weight is 419 g/mol. The number of hydrogen-bond acceptors (Lipinski definition) is 6. The summed E-state index contributed by atoms with van der Waals surface area (Å²) in [4.78, 5) is 12.7. The molecule has 0 saturated heterocycles. The summed E-state index contributed by atoms with van der Waals surface area (Å²) in [5, 5.41) is 19.4. The Labute approximate surface area is 179 Å². The van der Waals surface area contributed by atoms with Gasteiger partial charge in [0.05, 0.1) is 30.3 Å². The lowest BCUT2D eigenvalue weighted by atomic mass is 10.0. The van der Waals surface area contributed by atoms with E-state index in [0.717, 1.165) is 16.7 Å². The number of ether oxygens (including phenoxy) is 1. The van der Waals surface area contributed by atoms with E-state index >= 15 is 0 Å². The summed E-state index contributed by atoms with van der Waals surface area (Å²) in [6, 6.07) is 18.0. The molecule has 0 aliphatic heterocycles. The highest BCUT2D eigenvalue weighted by molar-refractivity contribution is 5.81. The van der Waals surface area contributed by atoms with Crippen molar-refractivity contribution in [3.63, 3.8) is 0 Å². The molecule has 2 aromatic carbocycles. The smallest absolute Gasteiger partial charge is 0.296 e. The average Bonchev–Trinajstić information content (AvgIpc) is 3.16. The molecular weight excluding hydrogens is 394 g/mol. The first-order chi connectivity index (χ1) is 14.9. The van der Waals surface area contributed by atoms with Gasteiger partial charge in [-0.2, -0.15) is 5.10 Å². The molecule has 7 nitrogen and oxygen atoms in total. The third kappa shape index (κ3) is 4.42. The van der Waals surface area contributed by atoms with Crippen molar-refractivity contribution in [3.8, 4) is 0 Å². The molecule has 7 heteroatoms. The molecule has 0 radical (unpaired) electrons. The number of aliphatic hydroxyl groups excluding tert-OH is 1. The molecule has 0 aliphatic rings. The number of benzene rings is 2. The number of aromatic nitrogens is 3. The zero-order valence-electron chi connectivity index (χ0n) is 17.8. The fraction of sp³-hybridized carbons (Fsp3) is 0.292. The van der Waals surface area contributed by atoms with Crippen LogP contribution in [-0.4, -0.2) is 32.8 Å². The molecule has 2 atom stereocenters. The summed E-state index contributed by atoms with van der Waals surface area (Å²) < 4.78 is 12.5.